The quantitative estimate of drug-likeness (QED) is 0.459. The molecular formula is C12H11F4N5. The van der Waals surface area contributed by atoms with Gasteiger partial charge in [-0.05, 0) is 17.7 Å². The van der Waals surface area contributed by atoms with Crippen LogP contribution >= 0.6 is 0 Å². The molecule has 0 spiro atoms. The van der Waals surface area contributed by atoms with E-state index in [1.807, 2.05) is 5.43 Å². The van der Waals surface area contributed by atoms with Crippen LogP contribution in [0.5, 0.6) is 0 Å². The number of nitrogens with two attached hydrogens (primary N) is 1. The number of hydrazine groups is 1. The maximum Gasteiger partial charge on any atom is 0.451 e. The average molecular weight is 301 g/mol. The van der Waals surface area contributed by atoms with Crippen LogP contribution in [0.15, 0.2) is 30.3 Å². The van der Waals surface area contributed by atoms with E-state index < -0.39 is 17.8 Å². The third kappa shape index (κ3) is 4.02. The summed E-state index contributed by atoms with van der Waals surface area (Å²) in [6.07, 6.45) is -4.68. The molecule has 21 heavy (non-hydrogen) atoms. The van der Waals surface area contributed by atoms with Crippen molar-refractivity contribution in [2.24, 2.45) is 5.84 Å². The smallest absolute Gasteiger partial charge is 0.366 e. The second-order valence-electron chi connectivity index (χ2n) is 4.08. The lowest BCUT2D eigenvalue weighted by atomic mass is 10.2. The number of anilines is 2. The average Bonchev–Trinajstić information content (AvgIpc) is 2.45. The summed E-state index contributed by atoms with van der Waals surface area (Å²) in [5.74, 6) is 3.16. The fraction of sp³-hybridized carbons (Fsp3) is 0.167. The van der Waals surface area contributed by atoms with E-state index in [-0.39, 0.29) is 18.2 Å². The summed E-state index contributed by atoms with van der Waals surface area (Å²) < 4.78 is 50.6. The van der Waals surface area contributed by atoms with Gasteiger partial charge in [0.1, 0.15) is 17.5 Å². The van der Waals surface area contributed by atoms with Crippen molar-refractivity contribution in [1.29, 1.82) is 0 Å². The molecule has 112 valence electrons. The van der Waals surface area contributed by atoms with E-state index in [4.69, 9.17) is 5.84 Å². The number of nitrogens with one attached hydrogen (secondary N) is 2. The van der Waals surface area contributed by atoms with Crippen LogP contribution in [-0.4, -0.2) is 9.97 Å². The predicted molar refractivity (Wildman–Crippen MR) is 68.6 cm³/mol. The Morgan fingerprint density at radius 2 is 1.67 bits per heavy atom. The highest BCUT2D eigenvalue weighted by molar-refractivity contribution is 5.47. The van der Waals surface area contributed by atoms with Gasteiger partial charge < -0.3 is 10.7 Å². The zero-order chi connectivity index (χ0) is 15.5. The minimum Gasteiger partial charge on any atom is -0.366 e. The summed E-state index contributed by atoms with van der Waals surface area (Å²) in [5.41, 5.74) is 2.73. The number of rotatable bonds is 4. The molecule has 0 fully saturated rings. The molecule has 2 aromatic rings. The van der Waals surface area contributed by atoms with Crippen molar-refractivity contribution in [1.82, 2.24) is 9.97 Å². The molecule has 0 saturated carbocycles. The van der Waals surface area contributed by atoms with E-state index in [1.165, 1.54) is 30.3 Å². The summed E-state index contributed by atoms with van der Waals surface area (Å²) in [6.45, 7) is 0.179. The minimum atomic E-state index is -4.68. The van der Waals surface area contributed by atoms with Gasteiger partial charge in [-0.1, -0.05) is 12.1 Å². The Kier molecular flexibility index (Phi) is 4.22. The van der Waals surface area contributed by atoms with Crippen molar-refractivity contribution in [3.8, 4) is 0 Å². The highest BCUT2D eigenvalue weighted by Gasteiger charge is 2.35. The van der Waals surface area contributed by atoms with Gasteiger partial charge in [0.2, 0.25) is 5.82 Å². The van der Waals surface area contributed by atoms with Gasteiger partial charge >= 0.3 is 6.18 Å². The van der Waals surface area contributed by atoms with Gasteiger partial charge in [-0.25, -0.2) is 20.2 Å². The fourth-order valence-corrected chi connectivity index (χ4v) is 1.53. The van der Waals surface area contributed by atoms with Crippen LogP contribution in [0.3, 0.4) is 0 Å². The standard InChI is InChI=1S/C12H11F4N5/c13-8-3-1-7(2-4-8)6-18-9-5-10(21-17)20-11(19-9)12(14,15)16/h1-5H,6,17H2,(H2,18,19,20,21). The lowest BCUT2D eigenvalue weighted by molar-refractivity contribution is -0.144. The maximum atomic E-state index is 12.7. The first kappa shape index (κ1) is 15.0. The Bertz CT molecular complexity index is 612. The number of aromatic nitrogens is 2. The normalized spacial score (nSPS) is 11.3. The molecule has 9 heteroatoms. The minimum absolute atomic E-state index is 0.0467. The molecular weight excluding hydrogens is 290 g/mol. The Morgan fingerprint density at radius 1 is 1.05 bits per heavy atom. The third-order valence-corrected chi connectivity index (χ3v) is 2.51. The lowest BCUT2D eigenvalue weighted by Crippen LogP contribution is -2.17. The summed E-state index contributed by atoms with van der Waals surface area (Å²) >= 11 is 0. The van der Waals surface area contributed by atoms with Gasteiger partial charge in [0.25, 0.3) is 0 Å². The topological polar surface area (TPSA) is 75.9 Å². The summed E-state index contributed by atoms with van der Waals surface area (Å²) in [4.78, 5) is 6.60. The van der Waals surface area contributed by atoms with Crippen molar-refractivity contribution in [3.05, 3.63) is 47.5 Å². The molecule has 2 rings (SSSR count). The van der Waals surface area contributed by atoms with E-state index in [9.17, 15) is 17.6 Å². The van der Waals surface area contributed by atoms with E-state index in [0.29, 0.717) is 5.56 Å². The summed E-state index contributed by atoms with van der Waals surface area (Å²) in [6, 6.07) is 6.77. The second-order valence-corrected chi connectivity index (χ2v) is 4.08. The molecule has 0 atom stereocenters. The number of nitrogens with zero attached hydrogens (tertiary/aromatic N) is 2. The summed E-state index contributed by atoms with van der Waals surface area (Å²) in [5, 5.41) is 2.70. The molecule has 4 N–H and O–H groups in total. The van der Waals surface area contributed by atoms with Crippen LogP contribution in [-0.2, 0) is 12.7 Å². The van der Waals surface area contributed by atoms with Gasteiger partial charge in [-0.15, -0.1) is 0 Å². The van der Waals surface area contributed by atoms with Crippen molar-refractivity contribution in [3.63, 3.8) is 0 Å². The van der Waals surface area contributed by atoms with Gasteiger partial charge in [0, 0.05) is 12.6 Å². The van der Waals surface area contributed by atoms with Crippen LogP contribution in [0.25, 0.3) is 0 Å². The molecule has 0 aliphatic heterocycles. The number of halogens is 4. The zero-order valence-electron chi connectivity index (χ0n) is 10.6. The Balaban J connectivity index is 2.17. The molecule has 1 aromatic carbocycles. The molecule has 0 aliphatic rings. The number of nitrogen functional groups attached to an aromatic ring is 1. The highest BCUT2D eigenvalue weighted by atomic mass is 19.4. The van der Waals surface area contributed by atoms with Gasteiger partial charge in [0.05, 0.1) is 0 Å². The molecule has 0 saturated heterocycles. The first-order valence-corrected chi connectivity index (χ1v) is 5.79. The Hall–Kier alpha value is -2.42. The maximum absolute atomic E-state index is 12.7. The van der Waals surface area contributed by atoms with Crippen molar-refractivity contribution in [2.75, 3.05) is 10.7 Å². The monoisotopic (exact) mass is 301 g/mol. The van der Waals surface area contributed by atoms with Crippen molar-refractivity contribution >= 4 is 11.6 Å². The van der Waals surface area contributed by atoms with E-state index in [0.717, 1.165) is 0 Å². The van der Waals surface area contributed by atoms with Crippen molar-refractivity contribution < 1.29 is 17.6 Å². The predicted octanol–water partition coefficient (Wildman–Crippen LogP) is 2.53. The lowest BCUT2D eigenvalue weighted by Gasteiger charge is -2.11. The fourth-order valence-electron chi connectivity index (χ4n) is 1.53. The van der Waals surface area contributed by atoms with E-state index in [2.05, 4.69) is 15.3 Å². The van der Waals surface area contributed by atoms with Crippen LogP contribution in [0.1, 0.15) is 11.4 Å². The van der Waals surface area contributed by atoms with Crippen molar-refractivity contribution in [2.45, 2.75) is 12.7 Å². The number of benzene rings is 1. The first-order valence-electron chi connectivity index (χ1n) is 5.79. The number of alkyl halides is 3. The van der Waals surface area contributed by atoms with Crippen LogP contribution in [0, 0.1) is 5.82 Å². The summed E-state index contributed by atoms with van der Waals surface area (Å²) in [7, 11) is 0. The molecule has 0 bridgehead atoms. The highest BCUT2D eigenvalue weighted by Crippen LogP contribution is 2.28. The van der Waals surface area contributed by atoms with Gasteiger partial charge in [-0.2, -0.15) is 13.2 Å². The molecule has 0 amide bonds. The van der Waals surface area contributed by atoms with E-state index in [1.54, 1.807) is 0 Å². The third-order valence-electron chi connectivity index (χ3n) is 2.51. The molecule has 0 unspecified atom stereocenters. The van der Waals surface area contributed by atoms with Crippen LogP contribution < -0.4 is 16.6 Å². The molecule has 0 aliphatic carbocycles. The first-order chi connectivity index (χ1) is 9.88. The zero-order valence-corrected chi connectivity index (χ0v) is 10.6. The molecule has 1 heterocycles. The molecule has 1 aromatic heterocycles. The van der Waals surface area contributed by atoms with Gasteiger partial charge in [0.15, 0.2) is 0 Å². The van der Waals surface area contributed by atoms with Gasteiger partial charge in [-0.3, -0.25) is 0 Å². The molecule has 5 nitrogen and oxygen atoms in total. The SMILES string of the molecule is NNc1cc(NCc2ccc(F)cc2)nc(C(F)(F)F)n1. The number of hydrogen-bond acceptors (Lipinski definition) is 5. The van der Waals surface area contributed by atoms with E-state index >= 15 is 0 Å². The Labute approximate surface area is 117 Å². The van der Waals surface area contributed by atoms with Crippen LogP contribution in [0.4, 0.5) is 29.2 Å². The second kappa shape index (κ2) is 5.92. The van der Waals surface area contributed by atoms with Crippen LogP contribution in [0.2, 0.25) is 0 Å². The molecule has 0 radical (unpaired) electrons. The Morgan fingerprint density at radius 3 is 2.24 bits per heavy atom. The number of hydrogen-bond donors (Lipinski definition) is 3. The largest absolute Gasteiger partial charge is 0.451 e.